The van der Waals surface area contributed by atoms with Gasteiger partial charge in [-0.1, -0.05) is 6.92 Å². The van der Waals surface area contributed by atoms with Crippen molar-refractivity contribution in [3.63, 3.8) is 0 Å². The summed E-state index contributed by atoms with van der Waals surface area (Å²) in [4.78, 5) is 4.49. The van der Waals surface area contributed by atoms with Gasteiger partial charge in [0.25, 0.3) is 0 Å². The Morgan fingerprint density at radius 2 is 1.71 bits per heavy atom. The molecule has 86 valence electrons. The zero-order valence-corrected chi connectivity index (χ0v) is 10.4. The van der Waals surface area contributed by atoms with E-state index >= 15 is 0 Å². The van der Waals surface area contributed by atoms with E-state index in [1.807, 2.05) is 13.8 Å². The predicted molar refractivity (Wildman–Crippen MR) is 61.6 cm³/mol. The monoisotopic (exact) mass is 202 g/mol. The summed E-state index contributed by atoms with van der Waals surface area (Å²) in [6.07, 6.45) is 1.16. The molecule has 0 bridgehead atoms. The first kappa shape index (κ1) is 13.9. The Morgan fingerprint density at radius 3 is 2.07 bits per heavy atom. The second kappa shape index (κ2) is 6.38. The van der Waals surface area contributed by atoms with Crippen molar-refractivity contribution in [2.24, 2.45) is 0 Å². The summed E-state index contributed by atoms with van der Waals surface area (Å²) in [5.41, 5.74) is -0.575. The van der Waals surface area contributed by atoms with Crippen molar-refractivity contribution in [3.05, 3.63) is 0 Å². The van der Waals surface area contributed by atoms with Crippen LogP contribution in [0.15, 0.2) is 0 Å². The van der Waals surface area contributed by atoms with Crippen LogP contribution in [-0.2, 0) is 0 Å². The quantitative estimate of drug-likeness (QED) is 0.668. The molecular formula is C11H26N2O. The van der Waals surface area contributed by atoms with E-state index in [1.54, 1.807) is 0 Å². The molecule has 0 aliphatic heterocycles. The summed E-state index contributed by atoms with van der Waals surface area (Å²) >= 11 is 0. The third-order valence-corrected chi connectivity index (χ3v) is 2.14. The molecule has 0 aliphatic carbocycles. The lowest BCUT2D eigenvalue weighted by Gasteiger charge is -2.28. The van der Waals surface area contributed by atoms with Gasteiger partial charge in [0.2, 0.25) is 0 Å². The van der Waals surface area contributed by atoms with Crippen molar-refractivity contribution in [2.75, 3.05) is 40.3 Å². The Kier molecular flexibility index (Phi) is 6.33. The molecule has 14 heavy (non-hydrogen) atoms. The normalized spacial score (nSPS) is 12.9. The van der Waals surface area contributed by atoms with E-state index in [0.29, 0.717) is 0 Å². The lowest BCUT2D eigenvalue weighted by Crippen LogP contribution is -2.39. The molecule has 3 nitrogen and oxygen atoms in total. The molecular weight excluding hydrogens is 176 g/mol. The van der Waals surface area contributed by atoms with Crippen molar-refractivity contribution >= 4 is 0 Å². The van der Waals surface area contributed by atoms with Crippen molar-refractivity contribution in [2.45, 2.75) is 32.8 Å². The number of likely N-dealkylation sites (N-methyl/N-ethyl adjacent to an activating group) is 1. The molecule has 0 spiro atoms. The molecule has 0 unspecified atom stereocenters. The van der Waals surface area contributed by atoms with Crippen LogP contribution in [0.5, 0.6) is 0 Å². The minimum atomic E-state index is -0.575. The van der Waals surface area contributed by atoms with E-state index in [0.717, 1.165) is 32.6 Å². The van der Waals surface area contributed by atoms with Gasteiger partial charge in [0.15, 0.2) is 0 Å². The third kappa shape index (κ3) is 8.48. The van der Waals surface area contributed by atoms with Crippen LogP contribution in [0.2, 0.25) is 0 Å². The van der Waals surface area contributed by atoms with Crippen LogP contribution in [0, 0.1) is 0 Å². The van der Waals surface area contributed by atoms with E-state index in [9.17, 15) is 5.11 Å². The van der Waals surface area contributed by atoms with E-state index < -0.39 is 5.60 Å². The maximum Gasteiger partial charge on any atom is 0.0718 e. The molecule has 0 amide bonds. The van der Waals surface area contributed by atoms with Crippen LogP contribution < -0.4 is 0 Å². The second-order valence-electron chi connectivity index (χ2n) is 4.84. The van der Waals surface area contributed by atoms with Gasteiger partial charge in [-0.15, -0.1) is 0 Å². The van der Waals surface area contributed by atoms with Crippen molar-refractivity contribution < 1.29 is 5.11 Å². The standard InChI is InChI=1S/C11H26N2O/c1-6-13(10-11(2,3)14)9-7-8-12(4)5/h14H,6-10H2,1-5H3. The topological polar surface area (TPSA) is 26.7 Å². The number of aliphatic hydroxyl groups is 1. The maximum absolute atomic E-state index is 9.68. The van der Waals surface area contributed by atoms with Crippen molar-refractivity contribution in [1.29, 1.82) is 0 Å². The highest BCUT2D eigenvalue weighted by Crippen LogP contribution is 2.05. The molecule has 0 radical (unpaired) electrons. The van der Waals surface area contributed by atoms with Crippen molar-refractivity contribution in [3.8, 4) is 0 Å². The molecule has 0 heterocycles. The van der Waals surface area contributed by atoms with E-state index in [1.165, 1.54) is 0 Å². The van der Waals surface area contributed by atoms with Gasteiger partial charge in [0.05, 0.1) is 5.60 Å². The van der Waals surface area contributed by atoms with Crippen LogP contribution >= 0.6 is 0 Å². The summed E-state index contributed by atoms with van der Waals surface area (Å²) in [6, 6.07) is 0. The summed E-state index contributed by atoms with van der Waals surface area (Å²) in [5.74, 6) is 0. The second-order valence-corrected chi connectivity index (χ2v) is 4.84. The van der Waals surface area contributed by atoms with Gasteiger partial charge in [0, 0.05) is 6.54 Å². The first-order valence-electron chi connectivity index (χ1n) is 5.44. The molecule has 0 aromatic rings. The molecule has 0 fully saturated rings. The average molecular weight is 202 g/mol. The summed E-state index contributed by atoms with van der Waals surface area (Å²) in [5, 5.41) is 9.68. The van der Waals surface area contributed by atoms with Crippen LogP contribution in [0.4, 0.5) is 0 Å². The lowest BCUT2D eigenvalue weighted by atomic mass is 10.1. The van der Waals surface area contributed by atoms with Crippen LogP contribution in [0.3, 0.4) is 0 Å². The first-order valence-corrected chi connectivity index (χ1v) is 5.44. The molecule has 0 aliphatic rings. The first-order chi connectivity index (χ1) is 6.35. The number of hydrogen-bond acceptors (Lipinski definition) is 3. The molecule has 0 aromatic heterocycles. The van der Waals surface area contributed by atoms with Crippen LogP contribution in [-0.4, -0.2) is 60.8 Å². The highest BCUT2D eigenvalue weighted by Gasteiger charge is 2.16. The summed E-state index contributed by atoms with van der Waals surface area (Å²) in [6.45, 7) is 9.82. The Bertz CT molecular complexity index is 141. The zero-order chi connectivity index (χ0) is 11.2. The Morgan fingerprint density at radius 1 is 1.14 bits per heavy atom. The van der Waals surface area contributed by atoms with Crippen molar-refractivity contribution in [1.82, 2.24) is 9.80 Å². The largest absolute Gasteiger partial charge is 0.389 e. The highest BCUT2D eigenvalue weighted by atomic mass is 16.3. The maximum atomic E-state index is 9.68. The van der Waals surface area contributed by atoms with Crippen LogP contribution in [0.1, 0.15) is 27.2 Å². The van der Waals surface area contributed by atoms with Gasteiger partial charge < -0.3 is 14.9 Å². The van der Waals surface area contributed by atoms with Crippen LogP contribution in [0.25, 0.3) is 0 Å². The molecule has 1 N–H and O–H groups in total. The molecule has 0 saturated carbocycles. The zero-order valence-electron chi connectivity index (χ0n) is 10.4. The van der Waals surface area contributed by atoms with E-state index in [2.05, 4.69) is 30.8 Å². The van der Waals surface area contributed by atoms with Gasteiger partial charge in [-0.25, -0.2) is 0 Å². The fraction of sp³-hybridized carbons (Fsp3) is 1.00. The Labute approximate surface area is 88.7 Å². The molecule has 0 saturated heterocycles. The summed E-state index contributed by atoms with van der Waals surface area (Å²) < 4.78 is 0. The lowest BCUT2D eigenvalue weighted by molar-refractivity contribution is 0.0370. The van der Waals surface area contributed by atoms with E-state index in [-0.39, 0.29) is 0 Å². The predicted octanol–water partition coefficient (Wildman–Crippen LogP) is 1.03. The van der Waals surface area contributed by atoms with Gasteiger partial charge in [0.1, 0.15) is 0 Å². The Hall–Kier alpha value is -0.120. The van der Waals surface area contributed by atoms with Gasteiger partial charge in [-0.2, -0.15) is 0 Å². The average Bonchev–Trinajstić information content (AvgIpc) is 1.99. The number of rotatable bonds is 7. The fourth-order valence-corrected chi connectivity index (χ4v) is 1.51. The molecule has 3 heteroatoms. The fourth-order valence-electron chi connectivity index (χ4n) is 1.51. The summed E-state index contributed by atoms with van der Waals surface area (Å²) in [7, 11) is 4.18. The third-order valence-electron chi connectivity index (χ3n) is 2.14. The molecule has 0 aromatic carbocycles. The smallest absolute Gasteiger partial charge is 0.0718 e. The molecule has 0 atom stereocenters. The molecule has 0 rings (SSSR count). The van der Waals surface area contributed by atoms with E-state index in [4.69, 9.17) is 0 Å². The number of hydrogen-bond donors (Lipinski definition) is 1. The SMILES string of the molecule is CCN(CCCN(C)C)CC(C)(C)O. The van der Waals surface area contributed by atoms with Gasteiger partial charge in [-0.3, -0.25) is 0 Å². The van der Waals surface area contributed by atoms with Gasteiger partial charge in [-0.05, 0) is 54.0 Å². The van der Waals surface area contributed by atoms with Gasteiger partial charge >= 0.3 is 0 Å². The minimum absolute atomic E-state index is 0.575. The Balaban J connectivity index is 3.69. The number of nitrogens with zero attached hydrogens (tertiary/aromatic N) is 2. The minimum Gasteiger partial charge on any atom is -0.389 e. The highest BCUT2D eigenvalue weighted by molar-refractivity contribution is 4.71.